The third-order valence-electron chi connectivity index (χ3n) is 2.38. The van der Waals surface area contributed by atoms with E-state index in [4.69, 9.17) is 17.3 Å². The Balaban J connectivity index is 2.18. The molecule has 0 atom stereocenters. The first kappa shape index (κ1) is 12.4. The van der Waals surface area contributed by atoms with Crippen LogP contribution in [0.15, 0.2) is 36.4 Å². The van der Waals surface area contributed by atoms with Crippen molar-refractivity contribution in [1.29, 1.82) is 0 Å². The number of hydrogen-bond donors (Lipinski definition) is 2. The summed E-state index contributed by atoms with van der Waals surface area (Å²) < 4.78 is 0. The number of nitrogens with two attached hydrogens (primary N) is 1. The molecule has 5 heteroatoms. The lowest BCUT2D eigenvalue weighted by Crippen LogP contribution is -2.14. The van der Waals surface area contributed by atoms with Crippen molar-refractivity contribution < 1.29 is 4.79 Å². The van der Waals surface area contributed by atoms with Gasteiger partial charge < -0.3 is 11.1 Å². The van der Waals surface area contributed by atoms with Crippen LogP contribution >= 0.6 is 11.6 Å². The topological polar surface area (TPSA) is 68.0 Å². The first-order valence-electron chi connectivity index (χ1n) is 5.36. The van der Waals surface area contributed by atoms with Crippen molar-refractivity contribution in [2.24, 2.45) is 0 Å². The van der Waals surface area contributed by atoms with Gasteiger partial charge in [-0.25, -0.2) is 4.98 Å². The largest absolute Gasteiger partial charge is 0.398 e. The molecule has 18 heavy (non-hydrogen) atoms. The molecule has 4 nitrogen and oxygen atoms in total. The van der Waals surface area contributed by atoms with Gasteiger partial charge in [0, 0.05) is 11.4 Å². The van der Waals surface area contributed by atoms with Crippen molar-refractivity contribution in [3.63, 3.8) is 0 Å². The number of hydrogen-bond acceptors (Lipinski definition) is 3. The van der Waals surface area contributed by atoms with Crippen molar-refractivity contribution >= 4 is 28.9 Å². The average molecular weight is 262 g/mol. The summed E-state index contributed by atoms with van der Waals surface area (Å²) >= 11 is 5.88. The van der Waals surface area contributed by atoms with Crippen molar-refractivity contribution in [2.45, 2.75) is 6.92 Å². The number of nitrogens with one attached hydrogen (secondary N) is 1. The van der Waals surface area contributed by atoms with E-state index < -0.39 is 0 Å². The van der Waals surface area contributed by atoms with Gasteiger partial charge in [-0.1, -0.05) is 17.7 Å². The standard InChI is InChI=1S/C13H12ClN3O/c1-8-3-2-4-12(16-8)13(18)17-9-5-6-11(15)10(14)7-9/h2-7H,15H2,1H3,(H,17,18). The molecule has 0 unspecified atom stereocenters. The van der Waals surface area contributed by atoms with Gasteiger partial charge in [0.1, 0.15) is 5.69 Å². The molecule has 0 aliphatic heterocycles. The summed E-state index contributed by atoms with van der Waals surface area (Å²) in [5.41, 5.74) is 7.81. The molecule has 0 bridgehead atoms. The zero-order valence-corrected chi connectivity index (χ0v) is 10.5. The van der Waals surface area contributed by atoms with Crippen molar-refractivity contribution in [2.75, 3.05) is 11.1 Å². The SMILES string of the molecule is Cc1cccc(C(=O)Nc2ccc(N)c(Cl)c2)n1. The number of benzene rings is 1. The van der Waals surface area contributed by atoms with Crippen LogP contribution < -0.4 is 11.1 Å². The highest BCUT2D eigenvalue weighted by atomic mass is 35.5. The molecule has 2 rings (SSSR count). The number of nitrogen functional groups attached to an aromatic ring is 1. The number of carbonyl (C=O) groups is 1. The van der Waals surface area contributed by atoms with Crippen LogP contribution in [-0.2, 0) is 0 Å². The maximum absolute atomic E-state index is 11.9. The third-order valence-corrected chi connectivity index (χ3v) is 2.71. The number of pyridine rings is 1. The fraction of sp³-hybridized carbons (Fsp3) is 0.0769. The van der Waals surface area contributed by atoms with Gasteiger partial charge in [0.05, 0.1) is 10.7 Å². The van der Waals surface area contributed by atoms with E-state index in [1.807, 2.05) is 13.0 Å². The van der Waals surface area contributed by atoms with Crippen molar-refractivity contribution in [3.8, 4) is 0 Å². The Kier molecular flexibility index (Phi) is 3.48. The molecule has 1 aromatic heterocycles. The smallest absolute Gasteiger partial charge is 0.274 e. The van der Waals surface area contributed by atoms with E-state index in [1.54, 1.807) is 30.3 Å². The zero-order chi connectivity index (χ0) is 13.1. The minimum atomic E-state index is -0.278. The summed E-state index contributed by atoms with van der Waals surface area (Å²) in [7, 11) is 0. The molecule has 0 fully saturated rings. The van der Waals surface area contributed by atoms with Crippen LogP contribution in [0.1, 0.15) is 16.2 Å². The second-order valence-electron chi connectivity index (χ2n) is 3.85. The molecule has 0 saturated carbocycles. The van der Waals surface area contributed by atoms with Crippen LogP contribution in [0.25, 0.3) is 0 Å². The van der Waals surface area contributed by atoms with Gasteiger partial charge in [-0.05, 0) is 37.3 Å². The second kappa shape index (κ2) is 5.06. The number of rotatable bonds is 2. The van der Waals surface area contributed by atoms with Crippen LogP contribution in [0, 0.1) is 6.92 Å². The second-order valence-corrected chi connectivity index (χ2v) is 4.26. The monoisotopic (exact) mass is 261 g/mol. The summed E-state index contributed by atoms with van der Waals surface area (Å²) in [4.78, 5) is 16.1. The Morgan fingerprint density at radius 3 is 2.78 bits per heavy atom. The molecule has 2 aromatic rings. The molecule has 0 aliphatic rings. The predicted molar refractivity (Wildman–Crippen MR) is 72.8 cm³/mol. The Labute approximate surface area is 110 Å². The number of aryl methyl sites for hydroxylation is 1. The molecule has 0 radical (unpaired) electrons. The van der Waals surface area contributed by atoms with Gasteiger partial charge in [-0.3, -0.25) is 4.79 Å². The maximum Gasteiger partial charge on any atom is 0.274 e. The van der Waals surface area contributed by atoms with Gasteiger partial charge in [-0.2, -0.15) is 0 Å². The van der Waals surface area contributed by atoms with Crippen LogP contribution in [0.3, 0.4) is 0 Å². The lowest BCUT2D eigenvalue weighted by molar-refractivity contribution is 0.102. The van der Waals surface area contributed by atoms with E-state index in [0.29, 0.717) is 22.1 Å². The molecule has 0 saturated heterocycles. The van der Waals surface area contributed by atoms with E-state index in [9.17, 15) is 4.79 Å². The number of halogens is 1. The first-order chi connectivity index (χ1) is 8.56. The van der Waals surface area contributed by atoms with E-state index in [0.717, 1.165) is 5.69 Å². The Morgan fingerprint density at radius 2 is 2.11 bits per heavy atom. The minimum absolute atomic E-state index is 0.278. The lowest BCUT2D eigenvalue weighted by atomic mass is 10.2. The van der Waals surface area contributed by atoms with Gasteiger partial charge in [0.2, 0.25) is 0 Å². The first-order valence-corrected chi connectivity index (χ1v) is 5.74. The van der Waals surface area contributed by atoms with Crippen LogP contribution in [0.2, 0.25) is 5.02 Å². The lowest BCUT2D eigenvalue weighted by Gasteiger charge is -2.06. The Hall–Kier alpha value is -2.07. The Bertz CT molecular complexity index is 599. The zero-order valence-electron chi connectivity index (χ0n) is 9.77. The van der Waals surface area contributed by atoms with E-state index in [1.165, 1.54) is 0 Å². The maximum atomic E-state index is 11.9. The normalized spacial score (nSPS) is 10.1. The van der Waals surface area contributed by atoms with Gasteiger partial charge in [-0.15, -0.1) is 0 Å². The van der Waals surface area contributed by atoms with Crippen LogP contribution in [0.5, 0.6) is 0 Å². The van der Waals surface area contributed by atoms with Gasteiger partial charge in [0.15, 0.2) is 0 Å². The number of amides is 1. The van der Waals surface area contributed by atoms with E-state index >= 15 is 0 Å². The highest BCUT2D eigenvalue weighted by molar-refractivity contribution is 6.33. The molecule has 0 spiro atoms. The van der Waals surface area contributed by atoms with Crippen LogP contribution in [-0.4, -0.2) is 10.9 Å². The fourth-order valence-electron chi connectivity index (χ4n) is 1.47. The van der Waals surface area contributed by atoms with Crippen LogP contribution in [0.4, 0.5) is 11.4 Å². The molecule has 1 heterocycles. The minimum Gasteiger partial charge on any atom is -0.398 e. The van der Waals surface area contributed by atoms with Crippen molar-refractivity contribution in [1.82, 2.24) is 4.98 Å². The van der Waals surface area contributed by atoms with E-state index in [2.05, 4.69) is 10.3 Å². The van der Waals surface area contributed by atoms with Gasteiger partial charge >= 0.3 is 0 Å². The summed E-state index contributed by atoms with van der Waals surface area (Å²) in [6.07, 6.45) is 0. The summed E-state index contributed by atoms with van der Waals surface area (Å²) in [6.45, 7) is 1.83. The predicted octanol–water partition coefficient (Wildman–Crippen LogP) is 2.88. The summed E-state index contributed by atoms with van der Waals surface area (Å²) in [6, 6.07) is 10.2. The molecule has 1 aromatic carbocycles. The van der Waals surface area contributed by atoms with Gasteiger partial charge in [0.25, 0.3) is 5.91 Å². The summed E-state index contributed by atoms with van der Waals surface area (Å²) in [5, 5.41) is 3.12. The molecule has 0 aliphatic carbocycles. The van der Waals surface area contributed by atoms with E-state index in [-0.39, 0.29) is 5.91 Å². The Morgan fingerprint density at radius 1 is 1.33 bits per heavy atom. The number of aromatic nitrogens is 1. The molecular formula is C13H12ClN3O. The molecule has 3 N–H and O–H groups in total. The number of carbonyl (C=O) groups excluding carboxylic acids is 1. The molecule has 1 amide bonds. The molecule has 92 valence electrons. The fourth-order valence-corrected chi connectivity index (χ4v) is 1.65. The number of nitrogens with zero attached hydrogens (tertiary/aromatic N) is 1. The molecular weight excluding hydrogens is 250 g/mol. The highest BCUT2D eigenvalue weighted by Gasteiger charge is 2.08. The van der Waals surface area contributed by atoms with Crippen molar-refractivity contribution in [3.05, 3.63) is 52.8 Å². The average Bonchev–Trinajstić information content (AvgIpc) is 2.34. The highest BCUT2D eigenvalue weighted by Crippen LogP contribution is 2.22. The quantitative estimate of drug-likeness (QED) is 0.817. The summed E-state index contributed by atoms with van der Waals surface area (Å²) in [5.74, 6) is -0.278. The third kappa shape index (κ3) is 2.78. The number of anilines is 2.